The third kappa shape index (κ3) is 6.08. The van der Waals surface area contributed by atoms with Gasteiger partial charge in [-0.25, -0.2) is 0 Å². The minimum absolute atomic E-state index is 0.113. The first kappa shape index (κ1) is 23.6. The molecule has 2 N–H and O–H groups in total. The van der Waals surface area contributed by atoms with Gasteiger partial charge in [-0.05, 0) is 36.2 Å². The average Bonchev–Trinajstić information content (AvgIpc) is 3.44. The highest BCUT2D eigenvalue weighted by atomic mass is 32.1. The van der Waals surface area contributed by atoms with Crippen LogP contribution in [0.15, 0.2) is 42.6 Å². The number of methoxy groups -OCH3 is 1. The van der Waals surface area contributed by atoms with Crippen molar-refractivity contribution in [1.29, 1.82) is 0 Å². The molecule has 1 fully saturated rings. The van der Waals surface area contributed by atoms with E-state index in [0.29, 0.717) is 11.7 Å². The van der Waals surface area contributed by atoms with Gasteiger partial charge in [-0.15, -0.1) is 28.5 Å². The van der Waals surface area contributed by atoms with E-state index in [2.05, 4.69) is 40.7 Å². The highest BCUT2D eigenvalue weighted by molar-refractivity contribution is 7.19. The molecule has 0 bridgehead atoms. The molecule has 2 aromatic heterocycles. The number of rotatable bonds is 8. The summed E-state index contributed by atoms with van der Waals surface area (Å²) in [6, 6.07) is 8.88. The van der Waals surface area contributed by atoms with Crippen molar-refractivity contribution in [3.63, 3.8) is 0 Å². The van der Waals surface area contributed by atoms with Crippen molar-refractivity contribution in [3.05, 3.63) is 48.2 Å². The molecule has 0 radical (unpaired) electrons. The number of carbonyl (C=O) groups excluding carboxylic acids is 1. The van der Waals surface area contributed by atoms with E-state index in [1.165, 1.54) is 19.2 Å². The smallest absolute Gasteiger partial charge is 0.406 e. The predicted molar refractivity (Wildman–Crippen MR) is 118 cm³/mol. The van der Waals surface area contributed by atoms with Crippen molar-refractivity contribution in [1.82, 2.24) is 20.4 Å². The van der Waals surface area contributed by atoms with Gasteiger partial charge in [0.1, 0.15) is 5.75 Å². The van der Waals surface area contributed by atoms with E-state index in [1.54, 1.807) is 6.20 Å². The SMILES string of the molecule is CO[C@@H](C(=O)Nc1nnc(N[C@@H]2CCN(c3cccnn3)C2)s1)c1cccc(OC(F)(F)F)c1. The fourth-order valence-electron chi connectivity index (χ4n) is 3.50. The number of aromatic nitrogens is 4. The Hall–Kier alpha value is -3.52. The quantitative estimate of drug-likeness (QED) is 0.486. The summed E-state index contributed by atoms with van der Waals surface area (Å²) >= 11 is 1.14. The summed E-state index contributed by atoms with van der Waals surface area (Å²) in [6.07, 6.45) is -3.54. The van der Waals surface area contributed by atoms with Crippen LogP contribution in [0.5, 0.6) is 5.75 Å². The Morgan fingerprint density at radius 1 is 1.21 bits per heavy atom. The second-order valence-electron chi connectivity index (χ2n) is 7.30. The second-order valence-corrected chi connectivity index (χ2v) is 8.27. The summed E-state index contributed by atoms with van der Waals surface area (Å²) in [5, 5.41) is 22.6. The lowest BCUT2D eigenvalue weighted by Crippen LogP contribution is -2.26. The van der Waals surface area contributed by atoms with Gasteiger partial charge in [-0.2, -0.15) is 5.10 Å². The molecule has 180 valence electrons. The van der Waals surface area contributed by atoms with E-state index in [9.17, 15) is 18.0 Å². The van der Waals surface area contributed by atoms with E-state index in [1.807, 2.05) is 12.1 Å². The maximum atomic E-state index is 12.7. The predicted octanol–water partition coefficient (Wildman–Crippen LogP) is 3.24. The van der Waals surface area contributed by atoms with Gasteiger partial charge in [0.15, 0.2) is 11.9 Å². The number of nitrogens with zero attached hydrogens (tertiary/aromatic N) is 5. The number of anilines is 3. The molecule has 1 aliphatic rings. The Morgan fingerprint density at radius 3 is 2.76 bits per heavy atom. The molecule has 14 heteroatoms. The number of hydrogen-bond donors (Lipinski definition) is 2. The Morgan fingerprint density at radius 2 is 2.03 bits per heavy atom. The number of halogens is 3. The summed E-state index contributed by atoms with van der Waals surface area (Å²) in [6.45, 7) is 1.52. The van der Waals surface area contributed by atoms with Crippen LogP contribution >= 0.6 is 11.3 Å². The zero-order valence-electron chi connectivity index (χ0n) is 17.8. The molecule has 1 amide bonds. The van der Waals surface area contributed by atoms with Crippen molar-refractivity contribution in [3.8, 4) is 5.75 Å². The van der Waals surface area contributed by atoms with Gasteiger partial charge in [0.25, 0.3) is 5.91 Å². The van der Waals surface area contributed by atoms with Crippen LogP contribution in [-0.2, 0) is 9.53 Å². The molecule has 0 saturated carbocycles. The lowest BCUT2D eigenvalue weighted by Gasteiger charge is -2.16. The van der Waals surface area contributed by atoms with Gasteiger partial charge in [0.05, 0.1) is 0 Å². The van der Waals surface area contributed by atoms with Crippen molar-refractivity contribution < 1.29 is 27.4 Å². The molecule has 34 heavy (non-hydrogen) atoms. The molecule has 1 saturated heterocycles. The van der Waals surface area contributed by atoms with Crippen molar-refractivity contribution in [2.75, 3.05) is 35.7 Å². The Balaban J connectivity index is 1.35. The second kappa shape index (κ2) is 10.2. The first-order valence-corrected chi connectivity index (χ1v) is 10.9. The third-order valence-electron chi connectivity index (χ3n) is 4.92. The number of nitrogens with one attached hydrogen (secondary N) is 2. The zero-order chi connectivity index (χ0) is 24.1. The number of amides is 1. The highest BCUT2D eigenvalue weighted by Gasteiger charge is 2.32. The standard InChI is InChI=1S/C20H20F3N7O3S/c1-32-16(12-4-2-5-14(10-12)33-20(21,22)23)17(31)26-19-29-28-18(34-19)25-13-7-9-30(11-13)15-6-3-8-24-27-15/h2-6,8,10,13,16H,7,9,11H2,1H3,(H,25,28)(H,26,29,31)/t13-,16-/m1/s1. The highest BCUT2D eigenvalue weighted by Crippen LogP contribution is 2.29. The molecular weight excluding hydrogens is 475 g/mol. The van der Waals surface area contributed by atoms with Gasteiger partial charge in [-0.1, -0.05) is 23.5 Å². The summed E-state index contributed by atoms with van der Waals surface area (Å²) in [7, 11) is 1.28. The number of alkyl halides is 3. The van der Waals surface area contributed by atoms with Gasteiger partial charge in [-0.3, -0.25) is 10.1 Å². The van der Waals surface area contributed by atoms with Crippen LogP contribution in [0.1, 0.15) is 18.1 Å². The molecular formula is C20H20F3N7O3S. The topological polar surface area (TPSA) is 114 Å². The summed E-state index contributed by atoms with van der Waals surface area (Å²) in [5.74, 6) is -0.259. The van der Waals surface area contributed by atoms with Crippen LogP contribution < -0.4 is 20.3 Å². The lowest BCUT2D eigenvalue weighted by atomic mass is 10.1. The molecule has 2 atom stereocenters. The van der Waals surface area contributed by atoms with Crippen LogP contribution in [-0.4, -0.2) is 58.9 Å². The Bertz CT molecular complexity index is 1120. The van der Waals surface area contributed by atoms with Gasteiger partial charge in [0.2, 0.25) is 10.3 Å². The number of benzene rings is 1. The molecule has 0 aliphatic carbocycles. The summed E-state index contributed by atoms with van der Waals surface area (Å²) < 4.78 is 46.6. The van der Waals surface area contributed by atoms with Crippen molar-refractivity contribution >= 4 is 33.3 Å². The van der Waals surface area contributed by atoms with Crippen LogP contribution in [0.25, 0.3) is 0 Å². The minimum Gasteiger partial charge on any atom is -0.406 e. The van der Waals surface area contributed by atoms with Crippen LogP contribution in [0.4, 0.5) is 29.3 Å². The third-order valence-corrected chi connectivity index (χ3v) is 5.69. The molecule has 0 unspecified atom stereocenters. The lowest BCUT2D eigenvalue weighted by molar-refractivity contribution is -0.274. The van der Waals surface area contributed by atoms with E-state index in [4.69, 9.17) is 4.74 Å². The molecule has 3 heterocycles. The van der Waals surface area contributed by atoms with E-state index in [0.717, 1.165) is 42.3 Å². The van der Waals surface area contributed by atoms with Gasteiger partial charge in [0, 0.05) is 32.4 Å². The van der Waals surface area contributed by atoms with Crippen LogP contribution in [0.3, 0.4) is 0 Å². The van der Waals surface area contributed by atoms with Crippen LogP contribution in [0, 0.1) is 0 Å². The first-order chi connectivity index (χ1) is 16.3. The van der Waals surface area contributed by atoms with Gasteiger partial charge >= 0.3 is 6.36 Å². The number of carbonyl (C=O) groups is 1. The largest absolute Gasteiger partial charge is 0.573 e. The molecule has 1 aromatic carbocycles. The normalized spacial score (nSPS) is 16.8. The summed E-state index contributed by atoms with van der Waals surface area (Å²) in [4.78, 5) is 14.8. The maximum absolute atomic E-state index is 12.7. The Labute approximate surface area is 196 Å². The van der Waals surface area contributed by atoms with Crippen molar-refractivity contribution in [2.24, 2.45) is 0 Å². The zero-order valence-corrected chi connectivity index (χ0v) is 18.6. The van der Waals surface area contributed by atoms with Gasteiger partial charge < -0.3 is 19.7 Å². The molecule has 0 spiro atoms. The van der Waals surface area contributed by atoms with E-state index >= 15 is 0 Å². The average molecular weight is 495 g/mol. The maximum Gasteiger partial charge on any atom is 0.573 e. The fourth-order valence-corrected chi connectivity index (χ4v) is 4.22. The number of hydrogen-bond acceptors (Lipinski definition) is 10. The van der Waals surface area contributed by atoms with Crippen molar-refractivity contribution in [2.45, 2.75) is 24.9 Å². The summed E-state index contributed by atoms with van der Waals surface area (Å²) in [5.41, 5.74) is 0.194. The fraction of sp³-hybridized carbons (Fsp3) is 0.350. The molecule has 4 rings (SSSR count). The van der Waals surface area contributed by atoms with Crippen LogP contribution in [0.2, 0.25) is 0 Å². The molecule has 3 aromatic rings. The van der Waals surface area contributed by atoms with E-state index < -0.39 is 24.1 Å². The number of ether oxygens (including phenoxy) is 2. The Kier molecular flexibility index (Phi) is 7.07. The molecule has 1 aliphatic heterocycles. The minimum atomic E-state index is -4.84. The first-order valence-electron chi connectivity index (χ1n) is 10.1. The monoisotopic (exact) mass is 495 g/mol. The van der Waals surface area contributed by atoms with E-state index in [-0.39, 0.29) is 16.7 Å². The molecule has 10 nitrogen and oxygen atoms in total.